The first-order valence-corrected chi connectivity index (χ1v) is 4.31. The molecule has 0 aromatic rings. The fraction of sp³-hybridized carbons (Fsp3) is 0.889. The first kappa shape index (κ1) is 12.4. The number of carboxylic acid groups (broad SMARTS) is 1. The molecule has 4 nitrogen and oxygen atoms in total. The van der Waals surface area contributed by atoms with Gasteiger partial charge in [-0.05, 0) is 27.7 Å². The van der Waals surface area contributed by atoms with E-state index in [1.54, 1.807) is 0 Å². The Morgan fingerprint density at radius 2 is 1.92 bits per heavy atom. The number of ether oxygens (including phenoxy) is 2. The van der Waals surface area contributed by atoms with Crippen LogP contribution in [0.1, 0.15) is 27.7 Å². The first-order valence-electron chi connectivity index (χ1n) is 4.31. The van der Waals surface area contributed by atoms with E-state index in [0.717, 1.165) is 0 Å². The summed E-state index contributed by atoms with van der Waals surface area (Å²) < 4.78 is 10.3. The summed E-state index contributed by atoms with van der Waals surface area (Å²) >= 11 is 0. The fourth-order valence-corrected chi connectivity index (χ4v) is 0.644. The lowest BCUT2D eigenvalue weighted by Crippen LogP contribution is -2.25. The predicted molar refractivity (Wildman–Crippen MR) is 48.8 cm³/mol. The van der Waals surface area contributed by atoms with E-state index >= 15 is 0 Å². The second-order valence-electron chi connectivity index (χ2n) is 3.81. The summed E-state index contributed by atoms with van der Waals surface area (Å²) in [6, 6.07) is 0. The van der Waals surface area contributed by atoms with Crippen molar-refractivity contribution in [1.29, 1.82) is 0 Å². The molecule has 0 heterocycles. The number of hydrogen-bond acceptors (Lipinski definition) is 3. The molecule has 0 saturated carbocycles. The highest BCUT2D eigenvalue weighted by Gasteiger charge is 2.12. The Hall–Kier alpha value is -0.610. The van der Waals surface area contributed by atoms with Crippen LogP contribution in [0.3, 0.4) is 0 Å². The normalized spacial score (nSPS) is 14.2. The molecule has 0 rings (SSSR count). The Kier molecular flexibility index (Phi) is 4.95. The lowest BCUT2D eigenvalue weighted by molar-refractivity contribution is -0.150. The summed E-state index contributed by atoms with van der Waals surface area (Å²) in [7, 11) is 0. The van der Waals surface area contributed by atoms with Gasteiger partial charge in [0.05, 0.1) is 18.8 Å². The molecule has 78 valence electrons. The molecular formula is C9H18O4. The average molecular weight is 190 g/mol. The van der Waals surface area contributed by atoms with Crippen molar-refractivity contribution in [1.82, 2.24) is 0 Å². The van der Waals surface area contributed by atoms with E-state index in [9.17, 15) is 4.79 Å². The number of rotatable bonds is 5. The maximum atomic E-state index is 10.3. The van der Waals surface area contributed by atoms with E-state index in [2.05, 4.69) is 0 Å². The van der Waals surface area contributed by atoms with Gasteiger partial charge in [-0.25, -0.2) is 4.79 Å². The van der Waals surface area contributed by atoms with Gasteiger partial charge >= 0.3 is 5.97 Å². The molecule has 0 radical (unpaired) electrons. The summed E-state index contributed by atoms with van der Waals surface area (Å²) in [4.78, 5) is 10.3. The van der Waals surface area contributed by atoms with Gasteiger partial charge in [-0.1, -0.05) is 0 Å². The number of carboxylic acids is 1. The molecule has 0 spiro atoms. The minimum absolute atomic E-state index is 0.199. The third-order valence-corrected chi connectivity index (χ3v) is 1.33. The van der Waals surface area contributed by atoms with Crippen molar-refractivity contribution in [3.63, 3.8) is 0 Å². The van der Waals surface area contributed by atoms with Crippen molar-refractivity contribution in [2.24, 2.45) is 0 Å². The number of aliphatic carboxylic acids is 1. The minimum atomic E-state index is -0.948. The molecule has 0 amide bonds. The summed E-state index contributed by atoms with van der Waals surface area (Å²) in [5, 5.41) is 8.48. The van der Waals surface area contributed by atoms with Crippen molar-refractivity contribution in [3.05, 3.63) is 0 Å². The largest absolute Gasteiger partial charge is 0.479 e. The molecule has 0 aromatic carbocycles. The molecule has 0 aliphatic carbocycles. The van der Waals surface area contributed by atoms with E-state index in [1.165, 1.54) is 6.92 Å². The zero-order chi connectivity index (χ0) is 10.5. The molecule has 0 aromatic heterocycles. The third-order valence-electron chi connectivity index (χ3n) is 1.33. The number of hydrogen-bond donors (Lipinski definition) is 1. The molecule has 13 heavy (non-hydrogen) atoms. The van der Waals surface area contributed by atoms with Crippen molar-refractivity contribution in [2.75, 3.05) is 13.2 Å². The van der Waals surface area contributed by atoms with E-state index < -0.39 is 12.1 Å². The maximum absolute atomic E-state index is 10.3. The van der Waals surface area contributed by atoms with E-state index in [-0.39, 0.29) is 5.60 Å². The van der Waals surface area contributed by atoms with Crippen LogP contribution in [0.2, 0.25) is 0 Å². The van der Waals surface area contributed by atoms with Crippen LogP contribution < -0.4 is 0 Å². The first-order chi connectivity index (χ1) is 5.83. The summed E-state index contributed by atoms with van der Waals surface area (Å²) in [5.41, 5.74) is -0.199. The van der Waals surface area contributed by atoms with E-state index in [1.807, 2.05) is 20.8 Å². The molecule has 0 aliphatic rings. The Morgan fingerprint density at radius 3 is 2.31 bits per heavy atom. The Morgan fingerprint density at radius 1 is 1.38 bits per heavy atom. The van der Waals surface area contributed by atoms with Gasteiger partial charge in [0.25, 0.3) is 0 Å². The SMILES string of the molecule is CC(OCCOC(C)(C)C)C(=O)O. The van der Waals surface area contributed by atoms with Gasteiger partial charge in [-0.2, -0.15) is 0 Å². The third kappa shape index (κ3) is 7.74. The maximum Gasteiger partial charge on any atom is 0.332 e. The lowest BCUT2D eigenvalue weighted by Gasteiger charge is -2.19. The molecule has 1 N–H and O–H groups in total. The molecule has 4 heteroatoms. The topological polar surface area (TPSA) is 55.8 Å². The van der Waals surface area contributed by atoms with Crippen molar-refractivity contribution < 1.29 is 19.4 Å². The highest BCUT2D eigenvalue weighted by atomic mass is 16.5. The Labute approximate surface area is 78.8 Å². The molecular weight excluding hydrogens is 172 g/mol. The lowest BCUT2D eigenvalue weighted by atomic mass is 10.2. The van der Waals surface area contributed by atoms with Gasteiger partial charge in [-0.15, -0.1) is 0 Å². The van der Waals surface area contributed by atoms with Gasteiger partial charge in [0.2, 0.25) is 0 Å². The Balaban J connectivity index is 3.41. The van der Waals surface area contributed by atoms with Crippen LogP contribution in [0.4, 0.5) is 0 Å². The molecule has 0 bridgehead atoms. The summed E-state index contributed by atoms with van der Waals surface area (Å²) in [5.74, 6) is -0.948. The smallest absolute Gasteiger partial charge is 0.332 e. The molecule has 0 saturated heterocycles. The second kappa shape index (κ2) is 5.19. The molecule has 1 unspecified atom stereocenters. The van der Waals surface area contributed by atoms with Crippen molar-refractivity contribution in [3.8, 4) is 0 Å². The number of carbonyl (C=O) groups is 1. The van der Waals surface area contributed by atoms with Gasteiger partial charge in [-0.3, -0.25) is 0 Å². The zero-order valence-electron chi connectivity index (χ0n) is 8.66. The van der Waals surface area contributed by atoms with Crippen LogP contribution in [-0.4, -0.2) is 36.0 Å². The minimum Gasteiger partial charge on any atom is -0.479 e. The van der Waals surface area contributed by atoms with Crippen LogP contribution in [-0.2, 0) is 14.3 Å². The monoisotopic (exact) mass is 190 g/mol. The molecule has 0 aliphatic heterocycles. The van der Waals surface area contributed by atoms with E-state index in [0.29, 0.717) is 13.2 Å². The zero-order valence-corrected chi connectivity index (χ0v) is 8.66. The average Bonchev–Trinajstić information content (AvgIpc) is 1.95. The predicted octanol–water partition coefficient (Wildman–Crippen LogP) is 1.29. The Bertz CT molecular complexity index is 159. The summed E-state index contributed by atoms with van der Waals surface area (Å²) in [6.07, 6.45) is -0.761. The fourth-order valence-electron chi connectivity index (χ4n) is 0.644. The highest BCUT2D eigenvalue weighted by Crippen LogP contribution is 2.05. The van der Waals surface area contributed by atoms with Crippen molar-refractivity contribution in [2.45, 2.75) is 39.4 Å². The van der Waals surface area contributed by atoms with Gasteiger partial charge in [0.15, 0.2) is 6.10 Å². The van der Waals surface area contributed by atoms with E-state index in [4.69, 9.17) is 14.6 Å². The quantitative estimate of drug-likeness (QED) is 0.664. The van der Waals surface area contributed by atoms with Crippen LogP contribution in [0.25, 0.3) is 0 Å². The van der Waals surface area contributed by atoms with Crippen LogP contribution in [0.15, 0.2) is 0 Å². The van der Waals surface area contributed by atoms with Gasteiger partial charge in [0.1, 0.15) is 0 Å². The van der Waals surface area contributed by atoms with Crippen LogP contribution >= 0.6 is 0 Å². The van der Waals surface area contributed by atoms with Crippen molar-refractivity contribution >= 4 is 5.97 Å². The van der Waals surface area contributed by atoms with Crippen LogP contribution in [0, 0.1) is 0 Å². The van der Waals surface area contributed by atoms with Gasteiger partial charge in [0, 0.05) is 0 Å². The standard InChI is InChI=1S/C9H18O4/c1-7(8(10)11)12-5-6-13-9(2,3)4/h7H,5-6H2,1-4H3,(H,10,11). The molecule has 0 fully saturated rings. The van der Waals surface area contributed by atoms with Gasteiger partial charge < -0.3 is 14.6 Å². The molecule has 1 atom stereocenters. The van der Waals surface area contributed by atoms with Crippen LogP contribution in [0.5, 0.6) is 0 Å². The summed E-state index contributed by atoms with van der Waals surface area (Å²) in [6.45, 7) is 8.04. The highest BCUT2D eigenvalue weighted by molar-refractivity contribution is 5.71. The second-order valence-corrected chi connectivity index (χ2v) is 3.81.